The third-order valence-corrected chi connectivity index (χ3v) is 4.36. The van der Waals surface area contributed by atoms with Crippen LogP contribution in [0.1, 0.15) is 38.7 Å². The van der Waals surface area contributed by atoms with E-state index in [0.717, 1.165) is 29.8 Å². The zero-order valence-corrected chi connectivity index (χ0v) is 16.5. The molecule has 1 saturated carbocycles. The maximum atomic E-state index is 12.4. The van der Waals surface area contributed by atoms with Crippen molar-refractivity contribution in [2.24, 2.45) is 5.92 Å². The molecule has 0 radical (unpaired) electrons. The average Bonchev–Trinajstić information content (AvgIpc) is 3.36. The molecule has 6 nitrogen and oxygen atoms in total. The number of nitrogens with one attached hydrogen (secondary N) is 1. The van der Waals surface area contributed by atoms with E-state index in [-0.39, 0.29) is 18.4 Å². The van der Waals surface area contributed by atoms with Gasteiger partial charge in [-0.3, -0.25) is 9.59 Å². The Hall–Kier alpha value is -2.08. The topological polar surface area (TPSA) is 61.9 Å². The van der Waals surface area contributed by atoms with E-state index in [2.05, 4.69) is 5.32 Å². The molecule has 144 valence electrons. The summed E-state index contributed by atoms with van der Waals surface area (Å²) < 4.78 is 5.03. The van der Waals surface area contributed by atoms with Gasteiger partial charge in [0.25, 0.3) is 0 Å². The molecule has 0 bridgehead atoms. The van der Waals surface area contributed by atoms with E-state index in [4.69, 9.17) is 4.74 Å². The number of hydrogen-bond donors (Lipinski definition) is 1. The van der Waals surface area contributed by atoms with Gasteiger partial charge in [0.2, 0.25) is 11.8 Å². The van der Waals surface area contributed by atoms with E-state index in [1.807, 2.05) is 55.9 Å². The Morgan fingerprint density at radius 3 is 2.50 bits per heavy atom. The van der Waals surface area contributed by atoms with Gasteiger partial charge in [0.05, 0.1) is 0 Å². The molecule has 6 heteroatoms. The molecule has 1 aromatic carbocycles. The summed E-state index contributed by atoms with van der Waals surface area (Å²) in [5, 5.41) is 2.97. The molecule has 0 aromatic heterocycles. The highest BCUT2D eigenvalue weighted by molar-refractivity contribution is 5.91. The lowest BCUT2D eigenvalue weighted by molar-refractivity contribution is -0.136. The van der Waals surface area contributed by atoms with Crippen LogP contribution in [0, 0.1) is 5.92 Å². The van der Waals surface area contributed by atoms with E-state index in [1.165, 1.54) is 0 Å². The second kappa shape index (κ2) is 9.03. The average molecular weight is 361 g/mol. The van der Waals surface area contributed by atoms with Crippen LogP contribution in [0.4, 0.5) is 11.4 Å². The molecule has 1 aromatic rings. The highest BCUT2D eigenvalue weighted by atomic mass is 16.5. The summed E-state index contributed by atoms with van der Waals surface area (Å²) in [5.41, 5.74) is 2.84. The minimum atomic E-state index is 0.00829. The summed E-state index contributed by atoms with van der Waals surface area (Å²) in [4.78, 5) is 28.4. The lowest BCUT2D eigenvalue weighted by Crippen LogP contribution is -2.35. The zero-order valence-electron chi connectivity index (χ0n) is 16.5. The van der Waals surface area contributed by atoms with Crippen molar-refractivity contribution in [1.82, 2.24) is 4.90 Å². The largest absolute Gasteiger partial charge is 0.377 e. The first-order valence-electron chi connectivity index (χ1n) is 9.20. The first-order chi connectivity index (χ1) is 12.3. The van der Waals surface area contributed by atoms with Crippen LogP contribution < -0.4 is 10.2 Å². The number of nitrogens with zero attached hydrogens (tertiary/aromatic N) is 2. The lowest BCUT2D eigenvalue weighted by atomic mass is 10.1. The maximum absolute atomic E-state index is 12.4. The molecule has 0 saturated heterocycles. The van der Waals surface area contributed by atoms with Gasteiger partial charge in [-0.2, -0.15) is 0 Å². The molecular weight excluding hydrogens is 330 g/mol. The monoisotopic (exact) mass is 361 g/mol. The van der Waals surface area contributed by atoms with Crippen LogP contribution in [0.3, 0.4) is 0 Å². The standard InChI is InChI=1S/C20H31N3O3/c1-14(2)10-19(24)21-16-6-9-18(22(3)4)15(11-16)12-23(17-7-8-17)20(25)13-26-5/h6,9,11,14,17H,7-8,10,12-13H2,1-5H3,(H,21,24). The third-order valence-electron chi connectivity index (χ3n) is 4.36. The van der Waals surface area contributed by atoms with E-state index in [1.54, 1.807) is 7.11 Å². The number of carbonyl (C=O) groups excluding carboxylic acids is 2. The fourth-order valence-corrected chi connectivity index (χ4v) is 3.01. The van der Waals surface area contributed by atoms with Gasteiger partial charge in [0.1, 0.15) is 6.61 Å². The first-order valence-corrected chi connectivity index (χ1v) is 9.20. The number of benzene rings is 1. The Morgan fingerprint density at radius 2 is 1.96 bits per heavy atom. The molecule has 0 unspecified atom stereocenters. The molecule has 0 atom stereocenters. The van der Waals surface area contributed by atoms with Crippen LogP contribution in [0.15, 0.2) is 18.2 Å². The first kappa shape index (κ1) is 20.2. The zero-order chi connectivity index (χ0) is 19.3. The minimum absolute atomic E-state index is 0.00829. The fraction of sp³-hybridized carbons (Fsp3) is 0.600. The molecule has 26 heavy (non-hydrogen) atoms. The predicted molar refractivity (Wildman–Crippen MR) is 104 cm³/mol. The van der Waals surface area contributed by atoms with Crippen molar-refractivity contribution in [2.45, 2.75) is 45.7 Å². The van der Waals surface area contributed by atoms with Crippen molar-refractivity contribution >= 4 is 23.2 Å². The van der Waals surface area contributed by atoms with Crippen LogP contribution in [0.2, 0.25) is 0 Å². The van der Waals surface area contributed by atoms with Gasteiger partial charge in [-0.05, 0) is 42.5 Å². The SMILES string of the molecule is COCC(=O)N(Cc1cc(NC(=O)CC(C)C)ccc1N(C)C)C1CC1. The van der Waals surface area contributed by atoms with Gasteiger partial charge in [-0.1, -0.05) is 13.8 Å². The Labute approximate surface area is 156 Å². The van der Waals surface area contributed by atoms with Crippen LogP contribution >= 0.6 is 0 Å². The van der Waals surface area contributed by atoms with E-state index in [0.29, 0.717) is 24.9 Å². The molecule has 0 aliphatic heterocycles. The molecular formula is C20H31N3O3. The Bertz CT molecular complexity index is 639. The summed E-state index contributed by atoms with van der Waals surface area (Å²) in [6.45, 7) is 4.66. The van der Waals surface area contributed by atoms with Gasteiger partial charge in [0, 0.05) is 51.6 Å². The van der Waals surface area contributed by atoms with Gasteiger partial charge in [-0.15, -0.1) is 0 Å². The molecule has 0 heterocycles. The molecule has 1 aliphatic rings. The molecule has 1 fully saturated rings. The van der Waals surface area contributed by atoms with Gasteiger partial charge >= 0.3 is 0 Å². The predicted octanol–water partition coefficient (Wildman–Crippen LogP) is 2.87. The molecule has 1 N–H and O–H groups in total. The van der Waals surface area contributed by atoms with Crippen molar-refractivity contribution < 1.29 is 14.3 Å². The van der Waals surface area contributed by atoms with Crippen molar-refractivity contribution in [3.63, 3.8) is 0 Å². The number of rotatable bonds is 9. The van der Waals surface area contributed by atoms with Crippen LogP contribution in [0.5, 0.6) is 0 Å². The number of methoxy groups -OCH3 is 1. The van der Waals surface area contributed by atoms with E-state index in [9.17, 15) is 9.59 Å². The van der Waals surface area contributed by atoms with Gasteiger partial charge < -0.3 is 19.9 Å². The van der Waals surface area contributed by atoms with Gasteiger partial charge in [-0.25, -0.2) is 0 Å². The van der Waals surface area contributed by atoms with Crippen molar-refractivity contribution in [3.8, 4) is 0 Å². The smallest absolute Gasteiger partial charge is 0.249 e. The van der Waals surface area contributed by atoms with Crippen LogP contribution in [-0.2, 0) is 20.9 Å². The summed E-state index contributed by atoms with van der Waals surface area (Å²) in [6, 6.07) is 6.18. The number of hydrogen-bond acceptors (Lipinski definition) is 4. The quantitative estimate of drug-likeness (QED) is 0.735. The highest BCUT2D eigenvalue weighted by Gasteiger charge is 2.33. The maximum Gasteiger partial charge on any atom is 0.249 e. The van der Waals surface area contributed by atoms with E-state index >= 15 is 0 Å². The fourth-order valence-electron chi connectivity index (χ4n) is 3.01. The second-order valence-electron chi connectivity index (χ2n) is 7.57. The number of carbonyl (C=O) groups is 2. The summed E-state index contributed by atoms with van der Waals surface area (Å²) >= 11 is 0. The summed E-state index contributed by atoms with van der Waals surface area (Å²) in [7, 11) is 5.50. The Morgan fingerprint density at radius 1 is 1.27 bits per heavy atom. The number of amides is 2. The van der Waals surface area contributed by atoms with Crippen LogP contribution in [-0.4, -0.2) is 50.6 Å². The normalized spacial score (nSPS) is 13.6. The van der Waals surface area contributed by atoms with Crippen molar-refractivity contribution in [1.29, 1.82) is 0 Å². The summed E-state index contributed by atoms with van der Waals surface area (Å²) in [5.74, 6) is 0.333. The van der Waals surface area contributed by atoms with E-state index < -0.39 is 0 Å². The summed E-state index contributed by atoms with van der Waals surface area (Å²) in [6.07, 6.45) is 2.57. The van der Waals surface area contributed by atoms with Crippen molar-refractivity contribution in [3.05, 3.63) is 23.8 Å². The second-order valence-corrected chi connectivity index (χ2v) is 7.57. The number of ether oxygens (including phenoxy) is 1. The molecule has 1 aliphatic carbocycles. The number of anilines is 2. The molecule has 0 spiro atoms. The van der Waals surface area contributed by atoms with Crippen molar-refractivity contribution in [2.75, 3.05) is 38.0 Å². The Balaban J connectivity index is 2.21. The Kier molecular flexibility index (Phi) is 7.03. The molecule has 2 rings (SSSR count). The lowest BCUT2D eigenvalue weighted by Gasteiger charge is -2.26. The highest BCUT2D eigenvalue weighted by Crippen LogP contribution is 2.31. The third kappa shape index (κ3) is 5.73. The molecule has 2 amide bonds. The van der Waals surface area contributed by atoms with Crippen LogP contribution in [0.25, 0.3) is 0 Å². The minimum Gasteiger partial charge on any atom is -0.377 e. The van der Waals surface area contributed by atoms with Gasteiger partial charge in [0.15, 0.2) is 0 Å².